The summed E-state index contributed by atoms with van der Waals surface area (Å²) in [6.07, 6.45) is 2.38. The molecule has 0 spiro atoms. The maximum atomic E-state index is 14.1. The first-order valence-corrected chi connectivity index (χ1v) is 6.78. The van der Waals surface area contributed by atoms with Gasteiger partial charge in [0.25, 0.3) is 0 Å². The maximum absolute atomic E-state index is 14.1. The minimum atomic E-state index is -0.794. The monoisotopic (exact) mass is 267 g/mol. The highest BCUT2D eigenvalue weighted by Gasteiger charge is 2.47. The lowest BCUT2D eigenvalue weighted by atomic mass is 9.57. The fraction of sp³-hybridized carbons (Fsp3) is 0.625. The molecule has 3 heteroatoms. The summed E-state index contributed by atoms with van der Waals surface area (Å²) < 4.78 is 27.5. The summed E-state index contributed by atoms with van der Waals surface area (Å²) in [5, 5.41) is 0. The molecule has 1 fully saturated rings. The normalized spacial score (nSPS) is 24.2. The SMILES string of the molecule is CC1(C)CC(C)(C)CC(N)(c2cc(F)ccc2F)C1. The molecule has 0 amide bonds. The molecule has 1 aromatic carbocycles. The number of benzene rings is 1. The maximum Gasteiger partial charge on any atom is 0.128 e. The van der Waals surface area contributed by atoms with Crippen molar-refractivity contribution in [1.82, 2.24) is 0 Å². The van der Waals surface area contributed by atoms with Crippen molar-refractivity contribution >= 4 is 0 Å². The van der Waals surface area contributed by atoms with Crippen LogP contribution in [0.5, 0.6) is 0 Å². The quantitative estimate of drug-likeness (QED) is 0.804. The van der Waals surface area contributed by atoms with Gasteiger partial charge in [-0.2, -0.15) is 0 Å². The molecule has 0 bridgehead atoms. The van der Waals surface area contributed by atoms with Crippen LogP contribution < -0.4 is 5.73 Å². The zero-order valence-electron chi connectivity index (χ0n) is 12.2. The summed E-state index contributed by atoms with van der Waals surface area (Å²) in [7, 11) is 0. The fourth-order valence-corrected chi connectivity index (χ4v) is 4.26. The van der Waals surface area contributed by atoms with Crippen LogP contribution in [0.15, 0.2) is 18.2 Å². The van der Waals surface area contributed by atoms with Gasteiger partial charge in [-0.25, -0.2) is 8.78 Å². The molecule has 0 atom stereocenters. The van der Waals surface area contributed by atoms with Gasteiger partial charge in [0, 0.05) is 11.1 Å². The van der Waals surface area contributed by atoms with Crippen LogP contribution >= 0.6 is 0 Å². The van der Waals surface area contributed by atoms with Crippen molar-refractivity contribution in [3.8, 4) is 0 Å². The van der Waals surface area contributed by atoms with E-state index in [1.54, 1.807) is 0 Å². The van der Waals surface area contributed by atoms with Gasteiger partial charge in [-0.3, -0.25) is 0 Å². The zero-order chi connectivity index (χ0) is 14.5. The number of rotatable bonds is 1. The third kappa shape index (κ3) is 2.97. The average molecular weight is 267 g/mol. The third-order valence-corrected chi connectivity index (χ3v) is 4.01. The molecule has 0 aromatic heterocycles. The molecule has 1 nitrogen and oxygen atoms in total. The van der Waals surface area contributed by atoms with Gasteiger partial charge in [-0.05, 0) is 48.3 Å². The van der Waals surface area contributed by atoms with Crippen molar-refractivity contribution in [3.63, 3.8) is 0 Å². The van der Waals surface area contributed by atoms with Crippen molar-refractivity contribution in [2.24, 2.45) is 16.6 Å². The van der Waals surface area contributed by atoms with Gasteiger partial charge in [0.1, 0.15) is 11.6 Å². The van der Waals surface area contributed by atoms with Gasteiger partial charge in [-0.15, -0.1) is 0 Å². The molecule has 0 heterocycles. The number of nitrogens with two attached hydrogens (primary N) is 1. The first-order chi connectivity index (χ1) is 8.53. The molecule has 106 valence electrons. The van der Waals surface area contributed by atoms with Gasteiger partial charge < -0.3 is 5.73 Å². The Morgan fingerprint density at radius 1 is 0.947 bits per heavy atom. The Kier molecular flexibility index (Phi) is 3.25. The summed E-state index contributed by atoms with van der Waals surface area (Å²) in [5.41, 5.74) is 6.06. The Balaban J connectivity index is 2.49. The van der Waals surface area contributed by atoms with E-state index in [-0.39, 0.29) is 10.8 Å². The van der Waals surface area contributed by atoms with Crippen LogP contribution in [0.4, 0.5) is 8.78 Å². The minimum absolute atomic E-state index is 0.0231. The van der Waals surface area contributed by atoms with E-state index in [0.29, 0.717) is 18.4 Å². The van der Waals surface area contributed by atoms with E-state index in [9.17, 15) is 8.78 Å². The second-order valence-corrected chi connectivity index (χ2v) is 7.64. The lowest BCUT2D eigenvalue weighted by Gasteiger charge is -2.50. The summed E-state index contributed by atoms with van der Waals surface area (Å²) in [5.74, 6) is -0.834. The molecule has 2 N–H and O–H groups in total. The molecule has 1 aliphatic rings. The molecular weight excluding hydrogens is 244 g/mol. The Morgan fingerprint density at radius 3 is 2.00 bits per heavy atom. The van der Waals surface area contributed by atoms with E-state index in [0.717, 1.165) is 12.5 Å². The van der Waals surface area contributed by atoms with Crippen LogP contribution in [0, 0.1) is 22.5 Å². The van der Waals surface area contributed by atoms with E-state index in [4.69, 9.17) is 5.73 Å². The Bertz CT molecular complexity index is 476. The van der Waals surface area contributed by atoms with Crippen molar-refractivity contribution in [1.29, 1.82) is 0 Å². The van der Waals surface area contributed by atoms with Crippen LogP contribution in [0.25, 0.3) is 0 Å². The molecule has 0 aliphatic heterocycles. The van der Waals surface area contributed by atoms with E-state index < -0.39 is 17.2 Å². The summed E-state index contributed by atoms with van der Waals surface area (Å²) in [6, 6.07) is 3.57. The smallest absolute Gasteiger partial charge is 0.128 e. The Hall–Kier alpha value is -0.960. The summed E-state index contributed by atoms with van der Waals surface area (Å²) in [6.45, 7) is 8.58. The molecule has 19 heavy (non-hydrogen) atoms. The lowest BCUT2D eigenvalue weighted by Crippen LogP contribution is -2.50. The van der Waals surface area contributed by atoms with Crippen molar-refractivity contribution in [2.45, 2.75) is 52.5 Å². The molecule has 1 aliphatic carbocycles. The van der Waals surface area contributed by atoms with E-state index >= 15 is 0 Å². The van der Waals surface area contributed by atoms with Crippen LogP contribution in [0.1, 0.15) is 52.5 Å². The second kappa shape index (κ2) is 4.27. The third-order valence-electron chi connectivity index (χ3n) is 4.01. The molecule has 0 radical (unpaired) electrons. The van der Waals surface area contributed by atoms with Crippen LogP contribution in [0.2, 0.25) is 0 Å². The van der Waals surface area contributed by atoms with Crippen molar-refractivity contribution in [3.05, 3.63) is 35.4 Å². The largest absolute Gasteiger partial charge is 0.321 e. The first kappa shape index (κ1) is 14.4. The number of hydrogen-bond donors (Lipinski definition) is 1. The van der Waals surface area contributed by atoms with E-state index in [1.165, 1.54) is 12.1 Å². The topological polar surface area (TPSA) is 26.0 Å². The van der Waals surface area contributed by atoms with Gasteiger partial charge in [-0.1, -0.05) is 27.7 Å². The number of hydrogen-bond acceptors (Lipinski definition) is 1. The molecule has 1 aromatic rings. The fourth-order valence-electron chi connectivity index (χ4n) is 4.26. The van der Waals surface area contributed by atoms with Crippen LogP contribution in [-0.2, 0) is 5.54 Å². The minimum Gasteiger partial charge on any atom is -0.321 e. The molecule has 0 saturated heterocycles. The summed E-state index contributed by atoms with van der Waals surface area (Å²) in [4.78, 5) is 0. The second-order valence-electron chi connectivity index (χ2n) is 7.64. The highest BCUT2D eigenvalue weighted by atomic mass is 19.1. The highest BCUT2D eigenvalue weighted by Crippen LogP contribution is 2.53. The Morgan fingerprint density at radius 2 is 1.47 bits per heavy atom. The lowest BCUT2D eigenvalue weighted by molar-refractivity contribution is 0.0452. The van der Waals surface area contributed by atoms with Crippen molar-refractivity contribution in [2.75, 3.05) is 0 Å². The Labute approximate surface area is 114 Å². The molecule has 2 rings (SSSR count). The average Bonchev–Trinajstić information content (AvgIpc) is 2.16. The summed E-state index contributed by atoms with van der Waals surface area (Å²) >= 11 is 0. The van der Waals surface area contributed by atoms with Crippen LogP contribution in [-0.4, -0.2) is 0 Å². The van der Waals surface area contributed by atoms with Gasteiger partial charge in [0.15, 0.2) is 0 Å². The van der Waals surface area contributed by atoms with Crippen molar-refractivity contribution < 1.29 is 8.78 Å². The number of halogens is 2. The first-order valence-electron chi connectivity index (χ1n) is 6.78. The van der Waals surface area contributed by atoms with E-state index in [2.05, 4.69) is 27.7 Å². The van der Waals surface area contributed by atoms with Gasteiger partial charge >= 0.3 is 0 Å². The predicted octanol–water partition coefficient (Wildman–Crippen LogP) is 4.36. The predicted molar refractivity (Wildman–Crippen MR) is 73.6 cm³/mol. The van der Waals surface area contributed by atoms with Gasteiger partial charge in [0.2, 0.25) is 0 Å². The van der Waals surface area contributed by atoms with Crippen LogP contribution in [0.3, 0.4) is 0 Å². The van der Waals surface area contributed by atoms with E-state index in [1.807, 2.05) is 0 Å². The standard InChI is InChI=1S/C16H23F2N/c1-14(2)8-15(3,4)10-16(19,9-14)12-7-11(17)5-6-13(12)18/h5-7H,8-10,19H2,1-4H3. The highest BCUT2D eigenvalue weighted by molar-refractivity contribution is 5.28. The molecular formula is C16H23F2N. The zero-order valence-corrected chi connectivity index (χ0v) is 12.2. The molecule has 0 unspecified atom stereocenters. The van der Waals surface area contributed by atoms with Gasteiger partial charge in [0.05, 0.1) is 0 Å². The molecule has 1 saturated carbocycles.